The lowest BCUT2D eigenvalue weighted by molar-refractivity contribution is -0.130. The van der Waals surface area contributed by atoms with Gasteiger partial charge in [0.1, 0.15) is 5.75 Å². The van der Waals surface area contributed by atoms with E-state index in [9.17, 15) is 9.59 Å². The molecule has 0 saturated carbocycles. The van der Waals surface area contributed by atoms with Gasteiger partial charge < -0.3 is 13.9 Å². The highest BCUT2D eigenvalue weighted by Gasteiger charge is 2.25. The lowest BCUT2D eigenvalue weighted by Crippen LogP contribution is -2.09. The first kappa shape index (κ1) is 17.5. The van der Waals surface area contributed by atoms with Crippen molar-refractivity contribution in [1.82, 2.24) is 0 Å². The Morgan fingerprint density at radius 3 is 2.54 bits per heavy atom. The Morgan fingerprint density at radius 2 is 1.82 bits per heavy atom. The minimum atomic E-state index is -0.554. The minimum absolute atomic E-state index is 0.130. The van der Waals surface area contributed by atoms with Crippen molar-refractivity contribution in [3.63, 3.8) is 0 Å². The second kappa shape index (κ2) is 7.36. The number of benzene rings is 2. The van der Waals surface area contributed by atoms with Crippen LogP contribution in [0.1, 0.15) is 27.2 Å². The number of carbonyl (C=O) groups excluding carboxylic acids is 2. The molecule has 0 fully saturated rings. The van der Waals surface area contributed by atoms with Crippen LogP contribution in [0, 0.1) is 6.92 Å². The lowest BCUT2D eigenvalue weighted by Gasteiger charge is -2.06. The first-order valence-corrected chi connectivity index (χ1v) is 8.54. The van der Waals surface area contributed by atoms with Crippen LogP contribution in [0.25, 0.3) is 6.08 Å². The summed E-state index contributed by atoms with van der Waals surface area (Å²) in [4.78, 5) is 28.4. The van der Waals surface area contributed by atoms with Crippen molar-refractivity contribution >= 4 is 23.9 Å². The molecule has 0 saturated heterocycles. The third-order valence-electron chi connectivity index (χ3n) is 4.11. The summed E-state index contributed by atoms with van der Waals surface area (Å²) in [5.41, 5.74) is 2.24. The molecule has 1 aliphatic rings. The number of rotatable bonds is 4. The van der Waals surface area contributed by atoms with Gasteiger partial charge in [0.25, 0.3) is 5.90 Å². The molecule has 28 heavy (non-hydrogen) atoms. The lowest BCUT2D eigenvalue weighted by atomic mass is 10.1. The zero-order chi connectivity index (χ0) is 19.5. The molecule has 1 aromatic heterocycles. The Kier molecular flexibility index (Phi) is 4.60. The molecule has 0 atom stereocenters. The maximum absolute atomic E-state index is 12.3. The van der Waals surface area contributed by atoms with Gasteiger partial charge in [-0.15, -0.1) is 0 Å². The molecule has 0 spiro atoms. The number of hydrogen-bond acceptors (Lipinski definition) is 6. The van der Waals surface area contributed by atoms with Crippen molar-refractivity contribution in [2.24, 2.45) is 4.99 Å². The van der Waals surface area contributed by atoms with Crippen molar-refractivity contribution in [2.45, 2.75) is 6.92 Å². The number of furan rings is 1. The highest BCUT2D eigenvalue weighted by atomic mass is 16.6. The fraction of sp³-hybridized carbons (Fsp3) is 0.0455. The van der Waals surface area contributed by atoms with Crippen molar-refractivity contribution in [1.29, 1.82) is 0 Å². The van der Waals surface area contributed by atoms with Gasteiger partial charge in [-0.1, -0.05) is 30.3 Å². The highest BCUT2D eigenvalue weighted by molar-refractivity contribution is 6.11. The summed E-state index contributed by atoms with van der Waals surface area (Å²) in [6.07, 6.45) is 3.07. The van der Waals surface area contributed by atoms with E-state index in [-0.39, 0.29) is 11.6 Å². The van der Waals surface area contributed by atoms with Crippen LogP contribution in [0.3, 0.4) is 0 Å². The van der Waals surface area contributed by atoms with Gasteiger partial charge in [0.15, 0.2) is 11.5 Å². The van der Waals surface area contributed by atoms with Crippen molar-refractivity contribution in [3.8, 4) is 5.75 Å². The van der Waals surface area contributed by atoms with Gasteiger partial charge in [0.05, 0.1) is 11.8 Å². The van der Waals surface area contributed by atoms with Gasteiger partial charge in [-0.3, -0.25) is 0 Å². The number of nitrogens with zero attached hydrogens (tertiary/aromatic N) is 1. The van der Waals surface area contributed by atoms with Gasteiger partial charge in [-0.05, 0) is 54.5 Å². The molecule has 3 aromatic rings. The molecule has 6 nitrogen and oxygen atoms in total. The summed E-state index contributed by atoms with van der Waals surface area (Å²) >= 11 is 0. The number of esters is 2. The van der Waals surface area contributed by atoms with Crippen LogP contribution in [0.4, 0.5) is 0 Å². The van der Waals surface area contributed by atoms with Gasteiger partial charge >= 0.3 is 11.9 Å². The third kappa shape index (κ3) is 3.61. The van der Waals surface area contributed by atoms with Crippen LogP contribution in [-0.2, 0) is 9.53 Å². The van der Waals surface area contributed by atoms with Crippen molar-refractivity contribution < 1.29 is 23.5 Å². The zero-order valence-corrected chi connectivity index (χ0v) is 14.9. The Labute approximate surface area is 160 Å². The molecule has 0 amide bonds. The van der Waals surface area contributed by atoms with Gasteiger partial charge in [-0.25, -0.2) is 14.6 Å². The average Bonchev–Trinajstić information content (AvgIpc) is 3.34. The van der Waals surface area contributed by atoms with E-state index in [0.717, 1.165) is 5.56 Å². The van der Waals surface area contributed by atoms with E-state index in [4.69, 9.17) is 13.9 Å². The van der Waals surface area contributed by atoms with Gasteiger partial charge in [0, 0.05) is 0 Å². The molecular weight excluding hydrogens is 358 g/mol. The average molecular weight is 373 g/mol. The number of hydrogen-bond donors (Lipinski definition) is 0. The minimum Gasteiger partial charge on any atom is -0.459 e. The van der Waals surface area contributed by atoms with Crippen LogP contribution >= 0.6 is 0 Å². The SMILES string of the molecule is Cc1ccccc1C(=O)Oc1ccc(/C=C2\N=C(c3ccco3)OC2=O)cc1. The first-order valence-electron chi connectivity index (χ1n) is 8.54. The Hall–Kier alpha value is -3.93. The third-order valence-corrected chi connectivity index (χ3v) is 4.11. The molecule has 2 heterocycles. The molecule has 4 rings (SSSR count). The number of aliphatic imine (C=N–C) groups is 1. The molecule has 0 bridgehead atoms. The van der Waals surface area contributed by atoms with Crippen LogP contribution in [0.2, 0.25) is 0 Å². The quantitative estimate of drug-likeness (QED) is 0.390. The van der Waals surface area contributed by atoms with Gasteiger partial charge in [-0.2, -0.15) is 0 Å². The topological polar surface area (TPSA) is 78.1 Å². The van der Waals surface area contributed by atoms with E-state index in [1.807, 2.05) is 19.1 Å². The smallest absolute Gasteiger partial charge is 0.363 e. The summed E-state index contributed by atoms with van der Waals surface area (Å²) in [6.45, 7) is 1.85. The Morgan fingerprint density at radius 1 is 1.04 bits per heavy atom. The molecule has 0 unspecified atom stereocenters. The first-order chi connectivity index (χ1) is 13.6. The molecule has 138 valence electrons. The normalized spacial score (nSPS) is 14.7. The number of carbonyl (C=O) groups is 2. The Bertz CT molecular complexity index is 1090. The van der Waals surface area contributed by atoms with Gasteiger partial charge in [0.2, 0.25) is 0 Å². The maximum Gasteiger partial charge on any atom is 0.363 e. The summed E-state index contributed by atoms with van der Waals surface area (Å²) < 4.78 is 15.7. The largest absolute Gasteiger partial charge is 0.459 e. The fourth-order valence-electron chi connectivity index (χ4n) is 2.67. The second-order valence-corrected chi connectivity index (χ2v) is 6.09. The predicted molar refractivity (Wildman–Crippen MR) is 102 cm³/mol. The molecule has 2 aromatic carbocycles. The molecule has 6 heteroatoms. The summed E-state index contributed by atoms with van der Waals surface area (Å²) in [5, 5.41) is 0. The molecular formula is C22H15NO5. The number of ether oxygens (including phenoxy) is 2. The highest BCUT2D eigenvalue weighted by Crippen LogP contribution is 2.21. The van der Waals surface area contributed by atoms with E-state index >= 15 is 0 Å². The van der Waals surface area contributed by atoms with E-state index in [2.05, 4.69) is 4.99 Å². The van der Waals surface area contributed by atoms with Crippen LogP contribution in [0.5, 0.6) is 5.75 Å². The monoisotopic (exact) mass is 373 g/mol. The molecule has 1 aliphatic heterocycles. The number of aryl methyl sites for hydroxylation is 1. The number of cyclic esters (lactones) is 1. The molecule has 0 radical (unpaired) electrons. The maximum atomic E-state index is 12.3. The van der Waals surface area contributed by atoms with Crippen molar-refractivity contribution in [2.75, 3.05) is 0 Å². The second-order valence-electron chi connectivity index (χ2n) is 6.09. The standard InChI is InChI=1S/C22H15NO5/c1-14-5-2-3-6-17(14)21(24)27-16-10-8-15(9-11-16)13-18-22(25)28-20(23-18)19-7-4-12-26-19/h2-13H,1H3/b18-13-. The van der Waals surface area contributed by atoms with E-state index in [1.54, 1.807) is 54.6 Å². The summed E-state index contributed by atoms with van der Waals surface area (Å²) in [6, 6.07) is 17.3. The molecule has 0 N–H and O–H groups in total. The Balaban J connectivity index is 1.49. The van der Waals surface area contributed by atoms with Crippen molar-refractivity contribution in [3.05, 3.63) is 95.1 Å². The van der Waals surface area contributed by atoms with Crippen LogP contribution < -0.4 is 4.74 Å². The van der Waals surface area contributed by atoms with E-state index in [1.165, 1.54) is 6.26 Å². The fourth-order valence-corrected chi connectivity index (χ4v) is 2.67. The summed E-state index contributed by atoms with van der Waals surface area (Å²) in [7, 11) is 0. The van der Waals surface area contributed by atoms with E-state index < -0.39 is 11.9 Å². The van der Waals surface area contributed by atoms with E-state index in [0.29, 0.717) is 22.6 Å². The van der Waals surface area contributed by atoms with Crippen LogP contribution in [-0.4, -0.2) is 17.8 Å². The predicted octanol–water partition coefficient (Wildman–Crippen LogP) is 4.15. The summed E-state index contributed by atoms with van der Waals surface area (Å²) in [5.74, 6) is -0.0536. The van der Waals surface area contributed by atoms with Crippen LogP contribution in [0.15, 0.2) is 82.0 Å². The zero-order valence-electron chi connectivity index (χ0n) is 14.9. The molecule has 0 aliphatic carbocycles.